The summed E-state index contributed by atoms with van der Waals surface area (Å²) in [7, 11) is 0. The number of carbonyl (C=O) groups excluding carboxylic acids is 1. The number of anilines is 1. The smallest absolute Gasteiger partial charge is 0.272 e. The highest BCUT2D eigenvalue weighted by atomic mass is 16.2. The van der Waals surface area contributed by atoms with Crippen molar-refractivity contribution in [3.05, 3.63) is 24.0 Å². The van der Waals surface area contributed by atoms with Crippen molar-refractivity contribution in [3.63, 3.8) is 0 Å². The van der Waals surface area contributed by atoms with Crippen molar-refractivity contribution in [1.29, 1.82) is 0 Å². The van der Waals surface area contributed by atoms with E-state index in [1.807, 2.05) is 17.0 Å². The topological polar surface area (TPSA) is 45.2 Å². The molecule has 116 valence electrons. The molecule has 0 aromatic carbocycles. The van der Waals surface area contributed by atoms with E-state index in [0.717, 1.165) is 50.5 Å². The molecule has 0 spiro atoms. The highest BCUT2D eigenvalue weighted by Crippen LogP contribution is 2.18. The predicted molar refractivity (Wildman–Crippen MR) is 86.5 cm³/mol. The minimum absolute atomic E-state index is 0.0654. The van der Waals surface area contributed by atoms with Crippen LogP contribution in [0, 0.1) is 11.8 Å². The Balaban J connectivity index is 1.87. The molecule has 1 fully saturated rings. The average Bonchev–Trinajstić information content (AvgIpc) is 2.48. The third kappa shape index (κ3) is 4.73. The molecule has 1 aliphatic heterocycles. The van der Waals surface area contributed by atoms with Crippen LogP contribution >= 0.6 is 0 Å². The number of amides is 1. The van der Waals surface area contributed by atoms with E-state index in [0.29, 0.717) is 11.6 Å². The Labute approximate surface area is 127 Å². The molecular formula is C17H27N3O. The molecule has 1 saturated heterocycles. The van der Waals surface area contributed by atoms with Crippen molar-refractivity contribution in [2.45, 2.75) is 40.0 Å². The van der Waals surface area contributed by atoms with E-state index in [1.54, 1.807) is 6.20 Å². The maximum absolute atomic E-state index is 12.4. The number of hydrogen-bond acceptors (Lipinski definition) is 3. The molecule has 0 unspecified atom stereocenters. The second kappa shape index (κ2) is 7.43. The lowest BCUT2D eigenvalue weighted by Gasteiger charge is -2.30. The predicted octanol–water partition coefficient (Wildman–Crippen LogP) is 3.41. The molecule has 0 saturated carbocycles. The van der Waals surface area contributed by atoms with Crippen LogP contribution in [0.5, 0.6) is 0 Å². The van der Waals surface area contributed by atoms with E-state index in [-0.39, 0.29) is 5.91 Å². The quantitative estimate of drug-likeness (QED) is 0.903. The third-order valence-corrected chi connectivity index (χ3v) is 4.10. The maximum Gasteiger partial charge on any atom is 0.272 e. The van der Waals surface area contributed by atoms with E-state index < -0.39 is 0 Å². The number of nitrogens with zero attached hydrogens (tertiary/aromatic N) is 2. The normalized spacial score (nSPS) is 16.3. The summed E-state index contributed by atoms with van der Waals surface area (Å²) in [6, 6.07) is 3.78. The largest absolute Gasteiger partial charge is 0.384 e. The summed E-state index contributed by atoms with van der Waals surface area (Å²) in [4.78, 5) is 18.6. The van der Waals surface area contributed by atoms with Gasteiger partial charge in [0, 0.05) is 19.6 Å². The molecule has 1 aromatic heterocycles. The van der Waals surface area contributed by atoms with Crippen LogP contribution in [-0.2, 0) is 0 Å². The summed E-state index contributed by atoms with van der Waals surface area (Å²) < 4.78 is 0. The lowest BCUT2D eigenvalue weighted by atomic mass is 9.99. The number of pyridine rings is 1. The van der Waals surface area contributed by atoms with Crippen LogP contribution in [0.4, 0.5) is 5.69 Å². The minimum Gasteiger partial charge on any atom is -0.384 e. The van der Waals surface area contributed by atoms with Gasteiger partial charge in [0.25, 0.3) is 5.91 Å². The Morgan fingerprint density at radius 1 is 1.38 bits per heavy atom. The zero-order valence-electron chi connectivity index (χ0n) is 13.4. The number of carbonyl (C=O) groups is 1. The molecule has 21 heavy (non-hydrogen) atoms. The van der Waals surface area contributed by atoms with Gasteiger partial charge in [-0.3, -0.25) is 4.79 Å². The van der Waals surface area contributed by atoms with Crippen LogP contribution in [0.2, 0.25) is 0 Å². The van der Waals surface area contributed by atoms with Crippen molar-refractivity contribution in [2.24, 2.45) is 11.8 Å². The summed E-state index contributed by atoms with van der Waals surface area (Å²) in [6.45, 7) is 9.32. The Hall–Kier alpha value is -1.58. The van der Waals surface area contributed by atoms with E-state index >= 15 is 0 Å². The second-order valence-corrected chi connectivity index (χ2v) is 6.52. The molecule has 1 N–H and O–H groups in total. The van der Waals surface area contributed by atoms with Gasteiger partial charge in [0.15, 0.2) is 0 Å². The van der Waals surface area contributed by atoms with Crippen LogP contribution in [0.3, 0.4) is 0 Å². The number of nitrogens with one attached hydrogen (secondary N) is 1. The Bertz CT molecular complexity index is 448. The molecule has 2 heterocycles. The Morgan fingerprint density at radius 2 is 2.10 bits per heavy atom. The minimum atomic E-state index is 0.0654. The van der Waals surface area contributed by atoms with Gasteiger partial charge in [0.05, 0.1) is 11.9 Å². The first-order valence-electron chi connectivity index (χ1n) is 8.05. The second-order valence-electron chi connectivity index (χ2n) is 6.52. The maximum atomic E-state index is 12.4. The van der Waals surface area contributed by atoms with Crippen LogP contribution in [0.1, 0.15) is 50.5 Å². The SMILES string of the molecule is CC(C)CCNc1ccc(C(=O)N2CCC(C)CC2)nc1. The molecule has 0 aliphatic carbocycles. The van der Waals surface area contributed by atoms with E-state index in [2.05, 4.69) is 31.1 Å². The van der Waals surface area contributed by atoms with Crippen LogP contribution in [0.25, 0.3) is 0 Å². The van der Waals surface area contributed by atoms with Crippen LogP contribution in [0.15, 0.2) is 18.3 Å². The summed E-state index contributed by atoms with van der Waals surface area (Å²) in [5.74, 6) is 1.48. The fourth-order valence-corrected chi connectivity index (χ4v) is 2.50. The summed E-state index contributed by atoms with van der Waals surface area (Å²) >= 11 is 0. The molecule has 1 aromatic rings. The third-order valence-electron chi connectivity index (χ3n) is 4.10. The molecule has 4 heteroatoms. The highest BCUT2D eigenvalue weighted by Gasteiger charge is 2.22. The van der Waals surface area contributed by atoms with Crippen molar-refractivity contribution in [1.82, 2.24) is 9.88 Å². The molecule has 0 bridgehead atoms. The molecule has 0 radical (unpaired) electrons. The molecule has 4 nitrogen and oxygen atoms in total. The van der Waals surface area contributed by atoms with Crippen LogP contribution in [-0.4, -0.2) is 35.4 Å². The van der Waals surface area contributed by atoms with Gasteiger partial charge >= 0.3 is 0 Å². The van der Waals surface area contributed by atoms with Gasteiger partial charge in [0.2, 0.25) is 0 Å². The van der Waals surface area contributed by atoms with Crippen molar-refractivity contribution < 1.29 is 4.79 Å². The molecule has 2 rings (SSSR count). The van der Waals surface area contributed by atoms with Gasteiger partial charge in [-0.1, -0.05) is 20.8 Å². The standard InChI is InChI=1S/C17H27N3O/c1-13(2)6-9-18-15-4-5-16(19-12-15)17(21)20-10-7-14(3)8-11-20/h4-5,12-14,18H,6-11H2,1-3H3. The fraction of sp³-hybridized carbons (Fsp3) is 0.647. The molecule has 0 atom stereocenters. The van der Waals surface area contributed by atoms with Gasteiger partial charge in [-0.05, 0) is 43.2 Å². The van der Waals surface area contributed by atoms with E-state index in [1.165, 1.54) is 0 Å². The van der Waals surface area contributed by atoms with E-state index in [9.17, 15) is 4.79 Å². The first kappa shape index (κ1) is 15.8. The number of hydrogen-bond donors (Lipinski definition) is 1. The highest BCUT2D eigenvalue weighted by molar-refractivity contribution is 5.92. The summed E-state index contributed by atoms with van der Waals surface area (Å²) in [6.07, 6.45) is 5.09. The molecular weight excluding hydrogens is 262 g/mol. The Morgan fingerprint density at radius 3 is 2.67 bits per heavy atom. The van der Waals surface area contributed by atoms with Crippen molar-refractivity contribution >= 4 is 11.6 Å². The Kier molecular flexibility index (Phi) is 5.59. The average molecular weight is 289 g/mol. The first-order chi connectivity index (χ1) is 10.1. The first-order valence-corrected chi connectivity index (χ1v) is 8.05. The number of likely N-dealkylation sites (tertiary alicyclic amines) is 1. The van der Waals surface area contributed by atoms with Gasteiger partial charge < -0.3 is 10.2 Å². The van der Waals surface area contributed by atoms with Gasteiger partial charge in [0.1, 0.15) is 5.69 Å². The van der Waals surface area contributed by atoms with E-state index in [4.69, 9.17) is 0 Å². The van der Waals surface area contributed by atoms with Gasteiger partial charge in [-0.2, -0.15) is 0 Å². The van der Waals surface area contributed by atoms with Gasteiger partial charge in [-0.25, -0.2) is 4.98 Å². The van der Waals surface area contributed by atoms with Gasteiger partial charge in [-0.15, -0.1) is 0 Å². The molecule has 1 amide bonds. The number of piperidine rings is 1. The molecule has 1 aliphatic rings. The number of aromatic nitrogens is 1. The van der Waals surface area contributed by atoms with Crippen molar-refractivity contribution in [2.75, 3.05) is 25.0 Å². The fourth-order valence-electron chi connectivity index (χ4n) is 2.50. The monoisotopic (exact) mass is 289 g/mol. The summed E-state index contributed by atoms with van der Waals surface area (Å²) in [5.41, 5.74) is 1.54. The summed E-state index contributed by atoms with van der Waals surface area (Å²) in [5, 5.41) is 3.34. The zero-order valence-corrected chi connectivity index (χ0v) is 13.4. The number of rotatable bonds is 5. The van der Waals surface area contributed by atoms with Crippen LogP contribution < -0.4 is 5.32 Å². The zero-order chi connectivity index (χ0) is 15.2. The lowest BCUT2D eigenvalue weighted by Crippen LogP contribution is -2.38. The lowest BCUT2D eigenvalue weighted by molar-refractivity contribution is 0.0691. The van der Waals surface area contributed by atoms with Crippen molar-refractivity contribution in [3.8, 4) is 0 Å².